The Hall–Kier alpha value is -2.11. The maximum Gasteiger partial charge on any atom is 0.321 e. The number of imidazole rings is 1. The first-order valence-electron chi connectivity index (χ1n) is 9.95. The highest BCUT2D eigenvalue weighted by molar-refractivity contribution is 7.99. The number of nitrogens with one attached hydrogen (secondary N) is 2. The Kier molecular flexibility index (Phi) is 7.04. The number of fused-ring (bicyclic) bond motifs is 1. The predicted molar refractivity (Wildman–Crippen MR) is 116 cm³/mol. The summed E-state index contributed by atoms with van der Waals surface area (Å²) in [6, 6.07) is 4.12. The van der Waals surface area contributed by atoms with Gasteiger partial charge in [0, 0.05) is 12.6 Å². The zero-order valence-electron chi connectivity index (χ0n) is 17.1. The molecule has 0 aliphatic heterocycles. The molecule has 2 aromatic rings. The number of hydrogen-bond donors (Lipinski definition) is 3. The molecule has 3 amide bonds. The van der Waals surface area contributed by atoms with E-state index in [4.69, 9.17) is 5.14 Å². The summed E-state index contributed by atoms with van der Waals surface area (Å²) in [7, 11) is -3.82. The smallest absolute Gasteiger partial charge is 0.321 e. The van der Waals surface area contributed by atoms with Crippen molar-refractivity contribution in [3.8, 4) is 0 Å². The highest BCUT2D eigenvalue weighted by Gasteiger charge is 2.23. The van der Waals surface area contributed by atoms with Gasteiger partial charge in [-0.25, -0.2) is 23.3 Å². The zero-order chi connectivity index (χ0) is 21.9. The van der Waals surface area contributed by atoms with Gasteiger partial charge >= 0.3 is 6.03 Å². The van der Waals surface area contributed by atoms with Crippen molar-refractivity contribution >= 4 is 44.8 Å². The summed E-state index contributed by atoms with van der Waals surface area (Å²) in [5, 5.41) is 11.0. The van der Waals surface area contributed by atoms with Crippen LogP contribution in [-0.4, -0.2) is 41.7 Å². The molecular weight excluding hydrogens is 426 g/mol. The van der Waals surface area contributed by atoms with E-state index in [1.54, 1.807) is 6.07 Å². The third-order valence-corrected chi connectivity index (χ3v) is 7.23. The van der Waals surface area contributed by atoms with Crippen molar-refractivity contribution in [2.75, 3.05) is 5.75 Å². The third-order valence-electron chi connectivity index (χ3n) is 5.34. The molecule has 1 saturated carbocycles. The van der Waals surface area contributed by atoms with E-state index in [0.29, 0.717) is 23.1 Å². The van der Waals surface area contributed by atoms with Gasteiger partial charge in [-0.05, 0) is 43.9 Å². The molecule has 1 fully saturated rings. The van der Waals surface area contributed by atoms with Crippen LogP contribution >= 0.6 is 11.8 Å². The number of sulfonamides is 1. The van der Waals surface area contributed by atoms with Crippen LogP contribution in [0, 0.1) is 5.92 Å². The SMILES string of the molecule is CCn1c(SCC(=O)NC(=O)NC2CCCCC2C)nc2cc(S(N)(=O)=O)ccc21. The number of nitrogens with two attached hydrogens (primary N) is 1. The van der Waals surface area contributed by atoms with Crippen molar-refractivity contribution in [2.24, 2.45) is 11.1 Å². The molecule has 0 spiro atoms. The van der Waals surface area contributed by atoms with E-state index >= 15 is 0 Å². The van der Waals surface area contributed by atoms with Crippen molar-refractivity contribution in [1.29, 1.82) is 0 Å². The molecular formula is C19H27N5O4S2. The van der Waals surface area contributed by atoms with Crippen molar-refractivity contribution in [3.05, 3.63) is 18.2 Å². The van der Waals surface area contributed by atoms with Crippen LogP contribution in [0.15, 0.2) is 28.3 Å². The molecule has 1 heterocycles. The number of rotatable bonds is 6. The lowest BCUT2D eigenvalue weighted by Gasteiger charge is -2.29. The van der Waals surface area contributed by atoms with Crippen molar-refractivity contribution in [1.82, 2.24) is 20.2 Å². The lowest BCUT2D eigenvalue weighted by atomic mass is 9.86. The summed E-state index contributed by atoms with van der Waals surface area (Å²) < 4.78 is 25.0. The summed E-state index contributed by atoms with van der Waals surface area (Å²) >= 11 is 1.19. The molecule has 2 atom stereocenters. The maximum atomic E-state index is 12.2. The van der Waals surface area contributed by atoms with E-state index in [2.05, 4.69) is 22.5 Å². The monoisotopic (exact) mass is 453 g/mol. The van der Waals surface area contributed by atoms with Gasteiger partial charge in [-0.15, -0.1) is 0 Å². The Labute approximate surface area is 180 Å². The minimum absolute atomic E-state index is 0.0129. The molecule has 1 aromatic heterocycles. The lowest BCUT2D eigenvalue weighted by molar-refractivity contribution is -0.117. The number of imide groups is 1. The van der Waals surface area contributed by atoms with Gasteiger partial charge < -0.3 is 9.88 Å². The molecule has 1 aliphatic rings. The van der Waals surface area contributed by atoms with E-state index in [0.717, 1.165) is 24.8 Å². The fraction of sp³-hybridized carbons (Fsp3) is 0.526. The summed E-state index contributed by atoms with van der Waals surface area (Å²) in [4.78, 5) is 28.8. The van der Waals surface area contributed by atoms with Gasteiger partial charge in [0.15, 0.2) is 5.16 Å². The first kappa shape index (κ1) is 22.6. The third kappa shape index (κ3) is 5.32. The first-order valence-corrected chi connectivity index (χ1v) is 12.5. The molecule has 0 bridgehead atoms. The van der Waals surface area contributed by atoms with Gasteiger partial charge in [0.05, 0.1) is 21.7 Å². The summed E-state index contributed by atoms with van der Waals surface area (Å²) in [5.41, 5.74) is 1.23. The van der Waals surface area contributed by atoms with E-state index in [1.807, 2.05) is 11.5 Å². The number of urea groups is 1. The number of carbonyl (C=O) groups excluding carboxylic acids is 2. The van der Waals surface area contributed by atoms with Crippen molar-refractivity contribution < 1.29 is 18.0 Å². The standard InChI is InChI=1S/C19H27N5O4S2/c1-3-24-16-9-8-13(30(20,27)28)10-15(16)22-19(24)29-11-17(25)23-18(26)21-14-7-5-4-6-12(14)2/h8-10,12,14H,3-7,11H2,1-2H3,(H2,20,27,28)(H2,21,23,25,26). The maximum absolute atomic E-state index is 12.2. The molecule has 0 saturated heterocycles. The van der Waals surface area contributed by atoms with Crippen LogP contribution in [0.4, 0.5) is 4.79 Å². The van der Waals surface area contributed by atoms with Gasteiger partial charge in [0.25, 0.3) is 0 Å². The van der Waals surface area contributed by atoms with Crippen LogP contribution in [0.5, 0.6) is 0 Å². The number of carbonyl (C=O) groups is 2. The normalized spacial score (nSPS) is 19.6. The number of thioether (sulfide) groups is 1. The fourth-order valence-electron chi connectivity index (χ4n) is 3.71. The van der Waals surface area contributed by atoms with Gasteiger partial charge in [-0.2, -0.15) is 0 Å². The average Bonchev–Trinajstić information content (AvgIpc) is 3.04. The van der Waals surface area contributed by atoms with E-state index in [9.17, 15) is 18.0 Å². The summed E-state index contributed by atoms with van der Waals surface area (Å²) in [5.74, 6) is 0.000460. The zero-order valence-corrected chi connectivity index (χ0v) is 18.7. The number of primary sulfonamides is 1. The number of amides is 3. The molecule has 1 aliphatic carbocycles. The van der Waals surface area contributed by atoms with Crippen LogP contribution in [-0.2, 0) is 21.4 Å². The molecule has 11 heteroatoms. The highest BCUT2D eigenvalue weighted by atomic mass is 32.2. The molecule has 4 N–H and O–H groups in total. The second kappa shape index (κ2) is 9.36. The summed E-state index contributed by atoms with van der Waals surface area (Å²) in [6.07, 6.45) is 4.26. The van der Waals surface area contributed by atoms with E-state index < -0.39 is 22.0 Å². The second-order valence-corrected chi connectivity index (χ2v) is 10.0. The molecule has 2 unspecified atom stereocenters. The fourth-order valence-corrected chi connectivity index (χ4v) is 5.12. The van der Waals surface area contributed by atoms with E-state index in [-0.39, 0.29) is 16.7 Å². The van der Waals surface area contributed by atoms with Gasteiger partial charge in [0.2, 0.25) is 15.9 Å². The topological polar surface area (TPSA) is 136 Å². The van der Waals surface area contributed by atoms with Gasteiger partial charge in [-0.3, -0.25) is 10.1 Å². The van der Waals surface area contributed by atoms with Crippen LogP contribution in [0.25, 0.3) is 11.0 Å². The van der Waals surface area contributed by atoms with Crippen LogP contribution in [0.3, 0.4) is 0 Å². The quantitative estimate of drug-likeness (QED) is 0.574. The Morgan fingerprint density at radius 2 is 2.03 bits per heavy atom. The van der Waals surface area contributed by atoms with Gasteiger partial charge in [-0.1, -0.05) is 31.5 Å². The summed E-state index contributed by atoms with van der Waals surface area (Å²) in [6.45, 7) is 4.63. The Morgan fingerprint density at radius 1 is 1.30 bits per heavy atom. The van der Waals surface area contributed by atoms with Crippen molar-refractivity contribution in [2.45, 2.75) is 62.2 Å². The molecule has 3 rings (SSSR count). The largest absolute Gasteiger partial charge is 0.335 e. The highest BCUT2D eigenvalue weighted by Crippen LogP contribution is 2.26. The number of aryl methyl sites for hydroxylation is 1. The minimum Gasteiger partial charge on any atom is -0.335 e. The van der Waals surface area contributed by atoms with Crippen LogP contribution in [0.1, 0.15) is 39.5 Å². The lowest BCUT2D eigenvalue weighted by Crippen LogP contribution is -2.48. The molecule has 1 aromatic carbocycles. The van der Waals surface area contributed by atoms with E-state index in [1.165, 1.54) is 30.3 Å². The van der Waals surface area contributed by atoms with Crippen molar-refractivity contribution in [3.63, 3.8) is 0 Å². The van der Waals surface area contributed by atoms with Gasteiger partial charge in [0.1, 0.15) is 0 Å². The molecule has 164 valence electrons. The average molecular weight is 454 g/mol. The Balaban J connectivity index is 1.63. The molecule has 0 radical (unpaired) electrons. The minimum atomic E-state index is -3.82. The second-order valence-electron chi connectivity index (χ2n) is 7.51. The number of nitrogens with zero attached hydrogens (tertiary/aromatic N) is 2. The first-order chi connectivity index (χ1) is 14.2. The molecule has 30 heavy (non-hydrogen) atoms. The Morgan fingerprint density at radius 3 is 2.70 bits per heavy atom. The number of aromatic nitrogens is 2. The molecule has 9 nitrogen and oxygen atoms in total. The Bertz CT molecular complexity index is 1050. The number of benzene rings is 1. The predicted octanol–water partition coefficient (Wildman–Crippen LogP) is 2.20. The van der Waals surface area contributed by atoms with Crippen LogP contribution in [0.2, 0.25) is 0 Å². The van der Waals surface area contributed by atoms with Crippen LogP contribution < -0.4 is 15.8 Å². The number of hydrogen-bond acceptors (Lipinski definition) is 6.